The molecular weight excluding hydrogens is 446 g/mol. The number of pyridine rings is 1. The van der Waals surface area contributed by atoms with Crippen molar-refractivity contribution in [1.29, 1.82) is 0 Å². The molecule has 6 nitrogen and oxygen atoms in total. The zero-order valence-corrected chi connectivity index (χ0v) is 20.1. The van der Waals surface area contributed by atoms with Crippen LogP contribution in [0.4, 0.5) is 5.69 Å². The molecule has 0 saturated heterocycles. The standard InChI is InChI=1S/C27H27N3O3S/c1-3-30(4-2)20-13-11-19(12-14-20)26(31)28-15-16-33-27(32)22-18-24(25-10-7-17-34-25)29-23-9-6-5-8-21(22)23/h5-14,17-18H,3-4,15-16H2,1-2H3,(H,28,31). The molecule has 0 saturated carbocycles. The van der Waals surface area contributed by atoms with Gasteiger partial charge in [-0.2, -0.15) is 0 Å². The van der Waals surface area contributed by atoms with Crippen molar-refractivity contribution in [2.45, 2.75) is 13.8 Å². The zero-order valence-electron chi connectivity index (χ0n) is 19.3. The van der Waals surface area contributed by atoms with Gasteiger partial charge in [0.1, 0.15) is 6.61 Å². The van der Waals surface area contributed by atoms with Crippen molar-refractivity contribution >= 4 is 39.8 Å². The summed E-state index contributed by atoms with van der Waals surface area (Å²) < 4.78 is 5.49. The van der Waals surface area contributed by atoms with Gasteiger partial charge in [0.05, 0.1) is 28.2 Å². The Morgan fingerprint density at radius 1 is 1.00 bits per heavy atom. The topological polar surface area (TPSA) is 71.5 Å². The first-order valence-corrected chi connectivity index (χ1v) is 12.2. The molecule has 1 amide bonds. The largest absolute Gasteiger partial charge is 0.460 e. The molecule has 0 spiro atoms. The quantitative estimate of drug-likeness (QED) is 0.260. The first-order chi connectivity index (χ1) is 16.6. The molecule has 2 aromatic carbocycles. The molecule has 0 bridgehead atoms. The summed E-state index contributed by atoms with van der Waals surface area (Å²) >= 11 is 1.57. The number of thiophene rings is 1. The molecule has 2 aromatic heterocycles. The first-order valence-electron chi connectivity index (χ1n) is 11.3. The smallest absolute Gasteiger partial charge is 0.338 e. The van der Waals surface area contributed by atoms with Crippen LogP contribution in [0.1, 0.15) is 34.6 Å². The summed E-state index contributed by atoms with van der Waals surface area (Å²) in [6, 6.07) is 20.7. The van der Waals surface area contributed by atoms with Crippen molar-refractivity contribution in [3.63, 3.8) is 0 Å². The number of nitrogens with zero attached hydrogens (tertiary/aromatic N) is 2. The zero-order chi connectivity index (χ0) is 23.9. The van der Waals surface area contributed by atoms with Crippen molar-refractivity contribution in [1.82, 2.24) is 10.3 Å². The van der Waals surface area contributed by atoms with Crippen LogP contribution in [0, 0.1) is 0 Å². The Balaban J connectivity index is 1.37. The van der Waals surface area contributed by atoms with Crippen LogP contribution in [0.15, 0.2) is 72.1 Å². The van der Waals surface area contributed by atoms with Gasteiger partial charge in [-0.25, -0.2) is 9.78 Å². The predicted octanol–water partition coefficient (Wildman–Crippen LogP) is 5.40. The van der Waals surface area contributed by atoms with Gasteiger partial charge in [0.15, 0.2) is 0 Å². The second-order valence-electron chi connectivity index (χ2n) is 7.66. The molecule has 0 aliphatic carbocycles. The number of carbonyl (C=O) groups excluding carboxylic acids is 2. The van der Waals surface area contributed by atoms with Gasteiger partial charge in [-0.05, 0) is 61.7 Å². The lowest BCUT2D eigenvalue weighted by molar-refractivity contribution is 0.0505. The molecule has 1 N–H and O–H groups in total. The maximum absolute atomic E-state index is 12.9. The number of carbonyl (C=O) groups is 2. The van der Waals surface area contributed by atoms with Gasteiger partial charge in [0, 0.05) is 29.7 Å². The Bertz CT molecular complexity index is 1270. The first kappa shape index (κ1) is 23.4. The summed E-state index contributed by atoms with van der Waals surface area (Å²) in [7, 11) is 0. The minimum atomic E-state index is -0.436. The maximum atomic E-state index is 12.9. The van der Waals surface area contributed by atoms with Crippen molar-refractivity contribution < 1.29 is 14.3 Å². The van der Waals surface area contributed by atoms with Gasteiger partial charge in [-0.15, -0.1) is 11.3 Å². The van der Waals surface area contributed by atoms with Crippen molar-refractivity contribution in [2.75, 3.05) is 31.1 Å². The van der Waals surface area contributed by atoms with E-state index in [0.717, 1.165) is 40.3 Å². The van der Waals surface area contributed by atoms with Gasteiger partial charge in [-0.1, -0.05) is 24.3 Å². The van der Waals surface area contributed by atoms with Gasteiger partial charge in [0.25, 0.3) is 5.91 Å². The van der Waals surface area contributed by atoms with E-state index >= 15 is 0 Å². The maximum Gasteiger partial charge on any atom is 0.338 e. The van der Waals surface area contributed by atoms with Gasteiger partial charge >= 0.3 is 5.97 Å². The van der Waals surface area contributed by atoms with Crippen LogP contribution in [0.3, 0.4) is 0 Å². The van der Waals surface area contributed by atoms with E-state index in [1.54, 1.807) is 17.4 Å². The summed E-state index contributed by atoms with van der Waals surface area (Å²) in [5, 5.41) is 5.53. The van der Waals surface area contributed by atoms with Crippen LogP contribution < -0.4 is 10.2 Å². The van der Waals surface area contributed by atoms with Gasteiger partial charge in [-0.3, -0.25) is 4.79 Å². The summed E-state index contributed by atoms with van der Waals surface area (Å²) in [6.45, 7) is 6.33. The van der Waals surface area contributed by atoms with Crippen LogP contribution in [0.25, 0.3) is 21.5 Å². The monoisotopic (exact) mass is 473 g/mol. The highest BCUT2D eigenvalue weighted by Gasteiger charge is 2.16. The third-order valence-electron chi connectivity index (χ3n) is 5.59. The number of hydrogen-bond donors (Lipinski definition) is 1. The SMILES string of the molecule is CCN(CC)c1ccc(C(=O)NCCOC(=O)c2cc(-c3cccs3)nc3ccccc23)cc1. The minimum absolute atomic E-state index is 0.0765. The second kappa shape index (κ2) is 10.9. The fourth-order valence-corrected chi connectivity index (χ4v) is 4.48. The fourth-order valence-electron chi connectivity index (χ4n) is 3.80. The highest BCUT2D eigenvalue weighted by molar-refractivity contribution is 7.13. The summed E-state index contributed by atoms with van der Waals surface area (Å²) in [5.74, 6) is -0.634. The molecule has 0 radical (unpaired) electrons. The molecular formula is C27H27N3O3S. The number of nitrogens with one attached hydrogen (secondary N) is 1. The van der Waals surface area contributed by atoms with Crippen molar-refractivity contribution in [3.8, 4) is 10.6 Å². The fraction of sp³-hybridized carbons (Fsp3) is 0.222. The Morgan fingerprint density at radius 2 is 1.76 bits per heavy atom. The molecule has 4 aromatic rings. The van der Waals surface area contributed by atoms with E-state index in [9.17, 15) is 9.59 Å². The number of ether oxygens (including phenoxy) is 1. The van der Waals surface area contributed by atoms with E-state index in [4.69, 9.17) is 4.74 Å². The number of esters is 1. The molecule has 0 atom stereocenters. The normalized spacial score (nSPS) is 10.8. The summed E-state index contributed by atoms with van der Waals surface area (Å²) in [5.41, 5.74) is 3.60. The molecule has 34 heavy (non-hydrogen) atoms. The van der Waals surface area contributed by atoms with Crippen LogP contribution >= 0.6 is 11.3 Å². The summed E-state index contributed by atoms with van der Waals surface area (Å²) in [6.07, 6.45) is 0. The molecule has 0 unspecified atom stereocenters. The van der Waals surface area contributed by atoms with Gasteiger partial charge in [0.2, 0.25) is 0 Å². The predicted molar refractivity (Wildman–Crippen MR) is 138 cm³/mol. The number of benzene rings is 2. The Kier molecular flexibility index (Phi) is 7.54. The average Bonchev–Trinajstić information content (AvgIpc) is 3.42. The van der Waals surface area contributed by atoms with Crippen LogP contribution in [-0.2, 0) is 4.74 Å². The molecule has 174 valence electrons. The van der Waals surface area contributed by atoms with Crippen LogP contribution in [-0.4, -0.2) is 43.1 Å². The van der Waals surface area contributed by atoms with Crippen molar-refractivity contribution in [2.24, 2.45) is 0 Å². The number of rotatable bonds is 9. The highest BCUT2D eigenvalue weighted by Crippen LogP contribution is 2.28. The lowest BCUT2D eigenvalue weighted by Gasteiger charge is -2.21. The average molecular weight is 474 g/mol. The van der Waals surface area contributed by atoms with E-state index in [2.05, 4.69) is 29.0 Å². The number of anilines is 1. The number of aromatic nitrogens is 1. The van der Waals surface area contributed by atoms with Crippen molar-refractivity contribution in [3.05, 3.63) is 83.2 Å². The number of hydrogen-bond acceptors (Lipinski definition) is 6. The number of para-hydroxylation sites is 1. The lowest BCUT2D eigenvalue weighted by Crippen LogP contribution is -2.28. The van der Waals surface area contributed by atoms with Crippen LogP contribution in [0.5, 0.6) is 0 Å². The Labute approximate surface area is 203 Å². The molecule has 7 heteroatoms. The molecule has 0 aliphatic rings. The molecule has 0 fully saturated rings. The Hall–Kier alpha value is -3.71. The van der Waals surface area contributed by atoms with Gasteiger partial charge < -0.3 is 15.0 Å². The number of fused-ring (bicyclic) bond motifs is 1. The van der Waals surface area contributed by atoms with E-state index in [1.165, 1.54) is 0 Å². The summed E-state index contributed by atoms with van der Waals surface area (Å²) in [4.78, 5) is 33.2. The van der Waals surface area contributed by atoms with E-state index in [-0.39, 0.29) is 19.1 Å². The third-order valence-corrected chi connectivity index (χ3v) is 6.48. The lowest BCUT2D eigenvalue weighted by atomic mass is 10.1. The van der Waals surface area contributed by atoms with E-state index in [1.807, 2.05) is 66.0 Å². The second-order valence-corrected chi connectivity index (χ2v) is 8.61. The minimum Gasteiger partial charge on any atom is -0.460 e. The molecule has 0 aliphatic heterocycles. The van der Waals surface area contributed by atoms with E-state index in [0.29, 0.717) is 11.1 Å². The highest BCUT2D eigenvalue weighted by atomic mass is 32.1. The Morgan fingerprint density at radius 3 is 2.47 bits per heavy atom. The number of amides is 1. The third kappa shape index (κ3) is 5.26. The molecule has 2 heterocycles. The van der Waals surface area contributed by atoms with Crippen LogP contribution in [0.2, 0.25) is 0 Å². The van der Waals surface area contributed by atoms with E-state index < -0.39 is 5.97 Å². The molecule has 4 rings (SSSR count).